The lowest BCUT2D eigenvalue weighted by molar-refractivity contribution is -0.119. The molecule has 4 rings (SSSR count). The maximum atomic E-state index is 12.8. The zero-order chi connectivity index (χ0) is 19.0. The third-order valence-corrected chi connectivity index (χ3v) is 6.31. The molecule has 4 unspecified atom stereocenters. The van der Waals surface area contributed by atoms with Crippen LogP contribution in [-0.4, -0.2) is 30.2 Å². The van der Waals surface area contributed by atoms with Crippen LogP contribution < -0.4 is 0 Å². The maximum Gasteiger partial charge on any atom is 0.143 e. The van der Waals surface area contributed by atoms with Crippen molar-refractivity contribution in [1.29, 1.82) is 0 Å². The molecule has 0 radical (unpaired) electrons. The smallest absolute Gasteiger partial charge is 0.143 e. The number of ether oxygens (including phenoxy) is 1. The third-order valence-electron chi connectivity index (χ3n) is 6.31. The van der Waals surface area contributed by atoms with Crippen molar-refractivity contribution in [2.45, 2.75) is 45.1 Å². The number of aliphatic hydroxyl groups excluding tert-OH is 1. The number of aliphatic hydroxyl groups is 1. The van der Waals surface area contributed by atoms with Crippen LogP contribution in [0.3, 0.4) is 0 Å². The second-order valence-corrected chi connectivity index (χ2v) is 8.25. The summed E-state index contributed by atoms with van der Waals surface area (Å²) in [5, 5.41) is 11.0. The van der Waals surface area contributed by atoms with E-state index in [1.54, 1.807) is 0 Å². The molecule has 0 aromatic heterocycles. The summed E-state index contributed by atoms with van der Waals surface area (Å²) in [4.78, 5) is 12.8. The van der Waals surface area contributed by atoms with Crippen LogP contribution in [-0.2, 0) is 9.53 Å². The van der Waals surface area contributed by atoms with E-state index >= 15 is 0 Å². The van der Waals surface area contributed by atoms with Gasteiger partial charge in [-0.3, -0.25) is 4.79 Å². The summed E-state index contributed by atoms with van der Waals surface area (Å²) >= 11 is 0. The molecule has 4 atom stereocenters. The van der Waals surface area contributed by atoms with E-state index in [0.717, 1.165) is 48.3 Å². The number of benzene rings is 2. The van der Waals surface area contributed by atoms with Crippen LogP contribution in [0.1, 0.15) is 41.9 Å². The van der Waals surface area contributed by atoms with Gasteiger partial charge in [0.05, 0.1) is 12.0 Å². The van der Waals surface area contributed by atoms with Gasteiger partial charge in [-0.2, -0.15) is 0 Å². The van der Waals surface area contributed by atoms with E-state index in [2.05, 4.69) is 38.1 Å². The van der Waals surface area contributed by atoms with Gasteiger partial charge in [-0.25, -0.2) is 0 Å². The number of carbonyl (C=O) groups excluding carboxylic acids is 1. The number of hydrogen-bond acceptors (Lipinski definition) is 3. The van der Waals surface area contributed by atoms with Gasteiger partial charge in [0.1, 0.15) is 5.78 Å². The summed E-state index contributed by atoms with van der Waals surface area (Å²) in [5.41, 5.74) is 5.55. The van der Waals surface area contributed by atoms with Crippen molar-refractivity contribution < 1.29 is 14.6 Å². The Morgan fingerprint density at radius 3 is 2.41 bits per heavy atom. The molecule has 1 N–H and O–H groups in total. The quantitative estimate of drug-likeness (QED) is 0.873. The summed E-state index contributed by atoms with van der Waals surface area (Å²) in [6, 6.07) is 14.6. The van der Waals surface area contributed by atoms with Crippen LogP contribution in [0, 0.1) is 25.7 Å². The van der Waals surface area contributed by atoms with E-state index < -0.39 is 6.10 Å². The predicted octanol–water partition coefficient (Wildman–Crippen LogP) is 4.43. The van der Waals surface area contributed by atoms with Crippen molar-refractivity contribution in [2.75, 3.05) is 13.2 Å². The number of aryl methyl sites for hydroxylation is 2. The minimum atomic E-state index is -0.585. The average molecular weight is 364 g/mol. The van der Waals surface area contributed by atoms with Crippen molar-refractivity contribution in [2.24, 2.45) is 11.8 Å². The van der Waals surface area contributed by atoms with Gasteiger partial charge in [0.2, 0.25) is 0 Å². The lowest BCUT2D eigenvalue weighted by atomic mass is 9.83. The molecule has 0 amide bonds. The molecule has 0 spiro atoms. The molecular weight excluding hydrogens is 336 g/mol. The lowest BCUT2D eigenvalue weighted by Crippen LogP contribution is -2.24. The Balaban J connectivity index is 1.61. The Morgan fingerprint density at radius 2 is 1.78 bits per heavy atom. The highest BCUT2D eigenvalue weighted by Crippen LogP contribution is 2.42. The van der Waals surface area contributed by atoms with Gasteiger partial charge in [-0.1, -0.05) is 42.5 Å². The summed E-state index contributed by atoms with van der Waals surface area (Å²) in [7, 11) is 0. The molecule has 142 valence electrons. The van der Waals surface area contributed by atoms with Gasteiger partial charge in [0, 0.05) is 19.6 Å². The predicted molar refractivity (Wildman–Crippen MR) is 107 cm³/mol. The molecule has 1 saturated heterocycles. The van der Waals surface area contributed by atoms with Crippen LogP contribution in [0.2, 0.25) is 0 Å². The molecule has 1 saturated carbocycles. The number of rotatable bonds is 4. The molecular formula is C24H28O3. The normalized spacial score (nSPS) is 28.0. The van der Waals surface area contributed by atoms with Gasteiger partial charge in [0.15, 0.2) is 0 Å². The van der Waals surface area contributed by atoms with Crippen LogP contribution >= 0.6 is 0 Å². The minimum absolute atomic E-state index is 0.0572. The average Bonchev–Trinajstić information content (AvgIpc) is 3.25. The van der Waals surface area contributed by atoms with Gasteiger partial charge in [-0.05, 0) is 66.3 Å². The molecule has 1 aliphatic carbocycles. The topological polar surface area (TPSA) is 46.5 Å². The molecule has 1 aliphatic heterocycles. The zero-order valence-corrected chi connectivity index (χ0v) is 16.2. The molecule has 0 bridgehead atoms. The van der Waals surface area contributed by atoms with E-state index in [-0.39, 0.29) is 17.6 Å². The number of Topliss-reactive ketones (excluding diaryl/α,β-unsaturated/α-hetero) is 1. The zero-order valence-electron chi connectivity index (χ0n) is 16.2. The van der Waals surface area contributed by atoms with Crippen LogP contribution in [0.5, 0.6) is 0 Å². The van der Waals surface area contributed by atoms with Gasteiger partial charge < -0.3 is 9.84 Å². The number of ketones is 1. The van der Waals surface area contributed by atoms with Crippen molar-refractivity contribution in [1.82, 2.24) is 0 Å². The van der Waals surface area contributed by atoms with E-state index in [1.165, 1.54) is 5.56 Å². The summed E-state index contributed by atoms with van der Waals surface area (Å²) in [6.07, 6.45) is 1.84. The molecule has 3 nitrogen and oxygen atoms in total. The molecule has 2 aromatic carbocycles. The van der Waals surface area contributed by atoms with E-state index in [4.69, 9.17) is 4.74 Å². The van der Waals surface area contributed by atoms with Crippen molar-refractivity contribution >= 4 is 5.78 Å². The standard InChI is InChI=1S/C24H28O3/c1-15-10-19(18-6-4-3-5-7-18)11-16(2)22(15)23-21(25)13-20(24(23)26)12-17-8-9-27-14-17/h3-7,10-11,17,20,23-24,26H,8-9,12-14H2,1-2H3. The van der Waals surface area contributed by atoms with Gasteiger partial charge in [-0.15, -0.1) is 0 Å². The Morgan fingerprint density at radius 1 is 1.07 bits per heavy atom. The van der Waals surface area contributed by atoms with Crippen molar-refractivity contribution in [3.8, 4) is 11.1 Å². The summed E-state index contributed by atoms with van der Waals surface area (Å²) in [6.45, 7) is 5.70. The lowest BCUT2D eigenvalue weighted by Gasteiger charge is -2.24. The number of hydrogen-bond donors (Lipinski definition) is 1. The van der Waals surface area contributed by atoms with Crippen LogP contribution in [0.25, 0.3) is 11.1 Å². The molecule has 2 aromatic rings. The molecule has 3 heteroatoms. The second-order valence-electron chi connectivity index (χ2n) is 8.25. The highest BCUT2D eigenvalue weighted by atomic mass is 16.5. The van der Waals surface area contributed by atoms with Crippen molar-refractivity contribution in [3.63, 3.8) is 0 Å². The summed E-state index contributed by atoms with van der Waals surface area (Å²) in [5.74, 6) is 0.341. The van der Waals surface area contributed by atoms with Gasteiger partial charge in [0.25, 0.3) is 0 Å². The van der Waals surface area contributed by atoms with E-state index in [9.17, 15) is 9.90 Å². The van der Waals surface area contributed by atoms with E-state index in [1.807, 2.05) is 18.2 Å². The Bertz CT molecular complexity index is 798. The third kappa shape index (κ3) is 3.59. The van der Waals surface area contributed by atoms with Crippen LogP contribution in [0.4, 0.5) is 0 Å². The SMILES string of the molecule is Cc1cc(-c2ccccc2)cc(C)c1C1C(=O)CC(CC2CCOC2)C1O. The number of carbonyl (C=O) groups is 1. The summed E-state index contributed by atoms with van der Waals surface area (Å²) < 4.78 is 5.47. The first-order chi connectivity index (χ1) is 13.0. The fourth-order valence-corrected chi connectivity index (χ4v) is 4.98. The molecule has 2 fully saturated rings. The fraction of sp³-hybridized carbons (Fsp3) is 0.458. The molecule has 27 heavy (non-hydrogen) atoms. The second kappa shape index (κ2) is 7.57. The Kier molecular flexibility index (Phi) is 5.16. The Labute approximate surface area is 161 Å². The van der Waals surface area contributed by atoms with E-state index in [0.29, 0.717) is 12.3 Å². The molecule has 2 aliphatic rings. The highest BCUT2D eigenvalue weighted by Gasteiger charge is 2.44. The Hall–Kier alpha value is -1.97. The highest BCUT2D eigenvalue weighted by molar-refractivity contribution is 5.90. The fourth-order valence-electron chi connectivity index (χ4n) is 4.98. The minimum Gasteiger partial charge on any atom is -0.392 e. The van der Waals surface area contributed by atoms with Crippen molar-refractivity contribution in [3.05, 3.63) is 59.2 Å². The molecule has 1 heterocycles. The monoisotopic (exact) mass is 364 g/mol. The first-order valence-electron chi connectivity index (χ1n) is 9.99. The first kappa shape index (κ1) is 18.4. The van der Waals surface area contributed by atoms with Gasteiger partial charge >= 0.3 is 0 Å². The largest absolute Gasteiger partial charge is 0.392 e. The maximum absolute atomic E-state index is 12.8. The van der Waals surface area contributed by atoms with Crippen LogP contribution in [0.15, 0.2) is 42.5 Å². The first-order valence-corrected chi connectivity index (χ1v) is 9.99.